The molecule has 5 nitrogen and oxygen atoms in total. The average Bonchev–Trinajstić information content (AvgIpc) is 2.64. The van der Waals surface area contributed by atoms with E-state index in [4.69, 9.17) is 18.9 Å². The van der Waals surface area contributed by atoms with E-state index in [0.717, 1.165) is 47.6 Å². The third-order valence-electron chi connectivity index (χ3n) is 7.40. The number of ether oxygens (including phenoxy) is 4. The third kappa shape index (κ3) is 3.34. The number of esters is 1. The number of methoxy groups -OCH3 is 3. The van der Waals surface area contributed by atoms with Crippen LogP contribution < -0.4 is 14.2 Å². The second kappa shape index (κ2) is 7.97. The fourth-order valence-electron chi connectivity index (χ4n) is 6.63. The van der Waals surface area contributed by atoms with E-state index < -0.39 is 0 Å². The summed E-state index contributed by atoms with van der Waals surface area (Å²) in [5.74, 6) is 2.56. The van der Waals surface area contributed by atoms with Gasteiger partial charge in [-0.25, -0.2) is 0 Å². The predicted octanol–water partition coefficient (Wildman–Crippen LogP) is 5.41. The minimum atomic E-state index is -0.226. The van der Waals surface area contributed by atoms with E-state index >= 15 is 0 Å². The topological polar surface area (TPSA) is 54.0 Å². The quantitative estimate of drug-likeness (QED) is 0.599. The first-order valence-electron chi connectivity index (χ1n) is 11.1. The van der Waals surface area contributed by atoms with Gasteiger partial charge in [-0.05, 0) is 24.2 Å². The molecule has 0 aliphatic heterocycles. The standard InChI is InChI=1S/C25H38O5/c1-14(2)18-20(27-7)16-13-17(30-15(3)26)23-24(4,5)11-10-12-25(23,6)19(16)22(29-9)21(18)28-8/h14,17,23H,10-13H2,1-9H3/t17-,23+,25-/m1/s1. The molecular weight excluding hydrogens is 380 g/mol. The highest BCUT2D eigenvalue weighted by Gasteiger charge is 2.57. The lowest BCUT2D eigenvalue weighted by Crippen LogP contribution is -2.55. The summed E-state index contributed by atoms with van der Waals surface area (Å²) in [6.07, 6.45) is 3.67. The van der Waals surface area contributed by atoms with Gasteiger partial charge in [0.05, 0.1) is 21.3 Å². The SMILES string of the molecule is COc1c2c(c(OC)c(OC)c1C(C)C)[C@@]1(C)CCCC(C)(C)[C@@H]1[C@H](OC(C)=O)C2. The van der Waals surface area contributed by atoms with Crippen LogP contribution in [-0.2, 0) is 21.4 Å². The van der Waals surface area contributed by atoms with Crippen molar-refractivity contribution in [3.05, 3.63) is 16.7 Å². The molecule has 30 heavy (non-hydrogen) atoms. The maximum absolute atomic E-state index is 12.1. The van der Waals surface area contributed by atoms with Gasteiger partial charge in [0.1, 0.15) is 11.9 Å². The highest BCUT2D eigenvalue weighted by atomic mass is 16.5. The van der Waals surface area contributed by atoms with Crippen LogP contribution in [0.1, 0.15) is 83.4 Å². The Morgan fingerprint density at radius 3 is 2.07 bits per heavy atom. The minimum Gasteiger partial charge on any atom is -0.496 e. The van der Waals surface area contributed by atoms with Crippen LogP contribution in [0.2, 0.25) is 0 Å². The molecule has 0 saturated heterocycles. The zero-order valence-corrected chi connectivity index (χ0v) is 20.1. The highest BCUT2D eigenvalue weighted by Crippen LogP contribution is 2.63. The summed E-state index contributed by atoms with van der Waals surface area (Å²) in [6.45, 7) is 12.7. The van der Waals surface area contributed by atoms with E-state index in [1.54, 1.807) is 21.3 Å². The normalized spacial score (nSPS) is 27.1. The number of hydrogen-bond acceptors (Lipinski definition) is 5. The summed E-state index contributed by atoms with van der Waals surface area (Å²) in [5.41, 5.74) is 3.10. The van der Waals surface area contributed by atoms with Crippen LogP contribution >= 0.6 is 0 Å². The highest BCUT2D eigenvalue weighted by molar-refractivity contribution is 5.69. The molecule has 1 fully saturated rings. The van der Waals surface area contributed by atoms with Gasteiger partial charge >= 0.3 is 5.97 Å². The number of hydrogen-bond donors (Lipinski definition) is 0. The third-order valence-corrected chi connectivity index (χ3v) is 7.40. The molecule has 0 radical (unpaired) electrons. The molecule has 0 bridgehead atoms. The van der Waals surface area contributed by atoms with Crippen molar-refractivity contribution in [3.8, 4) is 17.2 Å². The number of benzene rings is 1. The van der Waals surface area contributed by atoms with E-state index in [9.17, 15) is 4.79 Å². The monoisotopic (exact) mass is 418 g/mol. The van der Waals surface area contributed by atoms with Gasteiger partial charge in [0.2, 0.25) is 0 Å². The molecule has 3 rings (SSSR count). The van der Waals surface area contributed by atoms with Crippen molar-refractivity contribution in [2.24, 2.45) is 11.3 Å². The van der Waals surface area contributed by atoms with Gasteiger partial charge < -0.3 is 18.9 Å². The first kappa shape index (κ1) is 22.8. The molecule has 3 atom stereocenters. The van der Waals surface area contributed by atoms with Gasteiger partial charge in [-0.15, -0.1) is 0 Å². The Labute approximate surface area is 181 Å². The molecule has 2 aliphatic rings. The Hall–Kier alpha value is -1.91. The Morgan fingerprint density at radius 2 is 1.57 bits per heavy atom. The number of fused-ring (bicyclic) bond motifs is 3. The number of carbonyl (C=O) groups is 1. The summed E-state index contributed by atoms with van der Waals surface area (Å²) in [6, 6.07) is 0. The molecule has 0 spiro atoms. The van der Waals surface area contributed by atoms with Crippen molar-refractivity contribution in [1.82, 2.24) is 0 Å². The molecular formula is C25H38O5. The van der Waals surface area contributed by atoms with Crippen LogP contribution in [-0.4, -0.2) is 33.4 Å². The maximum Gasteiger partial charge on any atom is 0.302 e. The molecule has 5 heteroatoms. The van der Waals surface area contributed by atoms with Crippen LogP contribution in [0.15, 0.2) is 0 Å². The predicted molar refractivity (Wildman–Crippen MR) is 118 cm³/mol. The van der Waals surface area contributed by atoms with Crippen molar-refractivity contribution >= 4 is 5.97 Å². The van der Waals surface area contributed by atoms with Gasteiger partial charge in [-0.2, -0.15) is 0 Å². The molecule has 0 aromatic heterocycles. The Morgan fingerprint density at radius 1 is 0.967 bits per heavy atom. The lowest BCUT2D eigenvalue weighted by atomic mass is 9.49. The maximum atomic E-state index is 12.1. The zero-order chi connectivity index (χ0) is 22.4. The fraction of sp³-hybridized carbons (Fsp3) is 0.720. The molecule has 1 saturated carbocycles. The van der Waals surface area contributed by atoms with Crippen LogP contribution in [0.5, 0.6) is 17.2 Å². The molecule has 2 aliphatic carbocycles. The Bertz CT molecular complexity index is 826. The number of carbonyl (C=O) groups excluding carboxylic acids is 1. The Balaban J connectivity index is 2.41. The summed E-state index contributed by atoms with van der Waals surface area (Å²) in [5, 5.41) is 0. The van der Waals surface area contributed by atoms with Gasteiger partial charge in [0, 0.05) is 41.4 Å². The van der Waals surface area contributed by atoms with Gasteiger partial charge in [0.15, 0.2) is 11.5 Å². The summed E-state index contributed by atoms with van der Waals surface area (Å²) >= 11 is 0. The first-order valence-corrected chi connectivity index (χ1v) is 11.1. The van der Waals surface area contributed by atoms with E-state index in [1.807, 2.05) is 0 Å². The molecule has 1 aromatic carbocycles. The van der Waals surface area contributed by atoms with Crippen molar-refractivity contribution in [3.63, 3.8) is 0 Å². The van der Waals surface area contributed by atoms with E-state index in [1.165, 1.54) is 12.5 Å². The smallest absolute Gasteiger partial charge is 0.302 e. The molecule has 1 aromatic rings. The average molecular weight is 419 g/mol. The Kier molecular flexibility index (Phi) is 6.05. The first-order chi connectivity index (χ1) is 14.0. The van der Waals surface area contributed by atoms with E-state index in [2.05, 4.69) is 34.6 Å². The molecule has 0 unspecified atom stereocenters. The van der Waals surface area contributed by atoms with Crippen LogP contribution in [0, 0.1) is 11.3 Å². The fourth-order valence-corrected chi connectivity index (χ4v) is 6.63. The van der Waals surface area contributed by atoms with Crippen molar-refractivity contribution in [2.45, 2.75) is 84.7 Å². The molecule has 0 N–H and O–H groups in total. The zero-order valence-electron chi connectivity index (χ0n) is 20.1. The minimum absolute atomic E-state index is 0.0347. The van der Waals surface area contributed by atoms with Crippen LogP contribution in [0.4, 0.5) is 0 Å². The van der Waals surface area contributed by atoms with Crippen molar-refractivity contribution in [2.75, 3.05) is 21.3 Å². The van der Waals surface area contributed by atoms with Crippen LogP contribution in [0.3, 0.4) is 0 Å². The van der Waals surface area contributed by atoms with E-state index in [-0.39, 0.29) is 34.7 Å². The second-order valence-electron chi connectivity index (χ2n) is 10.1. The van der Waals surface area contributed by atoms with E-state index in [0.29, 0.717) is 6.42 Å². The summed E-state index contributed by atoms with van der Waals surface area (Å²) in [4.78, 5) is 12.1. The molecule has 0 heterocycles. The van der Waals surface area contributed by atoms with Gasteiger partial charge in [-0.1, -0.05) is 41.0 Å². The molecule has 0 amide bonds. The van der Waals surface area contributed by atoms with Gasteiger partial charge in [-0.3, -0.25) is 4.79 Å². The van der Waals surface area contributed by atoms with Crippen LogP contribution in [0.25, 0.3) is 0 Å². The number of rotatable bonds is 5. The van der Waals surface area contributed by atoms with Crippen molar-refractivity contribution < 1.29 is 23.7 Å². The molecule has 168 valence electrons. The van der Waals surface area contributed by atoms with Crippen molar-refractivity contribution in [1.29, 1.82) is 0 Å². The summed E-state index contributed by atoms with van der Waals surface area (Å²) in [7, 11) is 5.14. The van der Waals surface area contributed by atoms with Gasteiger partial charge in [0.25, 0.3) is 0 Å². The summed E-state index contributed by atoms with van der Waals surface area (Å²) < 4.78 is 23.9. The second-order valence-corrected chi connectivity index (χ2v) is 10.1. The lowest BCUT2D eigenvalue weighted by Gasteiger charge is -2.57. The lowest BCUT2D eigenvalue weighted by molar-refractivity contribution is -0.158. The largest absolute Gasteiger partial charge is 0.496 e.